The molecule has 0 fully saturated rings. The molecule has 0 radical (unpaired) electrons. The molecule has 0 saturated heterocycles. The molecular formula is C30H25F2N3O3. The van der Waals surface area contributed by atoms with E-state index in [9.17, 15) is 13.6 Å². The minimum Gasteiger partial charge on any atom is -0.497 e. The Hall–Kier alpha value is -4.59. The maximum Gasteiger partial charge on any atom is 0.338 e. The van der Waals surface area contributed by atoms with Crippen LogP contribution in [0.5, 0.6) is 5.75 Å². The Balaban J connectivity index is 1.60. The van der Waals surface area contributed by atoms with Crippen LogP contribution in [0.3, 0.4) is 0 Å². The highest BCUT2D eigenvalue weighted by Crippen LogP contribution is 2.30. The number of methoxy groups -OCH3 is 1. The molecular weight excluding hydrogens is 488 g/mol. The maximum absolute atomic E-state index is 14.3. The molecule has 0 aliphatic rings. The monoisotopic (exact) mass is 513 g/mol. The summed E-state index contributed by atoms with van der Waals surface area (Å²) in [6.45, 7) is 2.47. The van der Waals surface area contributed by atoms with Crippen LogP contribution in [0.1, 0.15) is 34.0 Å². The number of aromatic nitrogens is 3. The summed E-state index contributed by atoms with van der Waals surface area (Å²) in [5.41, 5.74) is 4.30. The fourth-order valence-corrected chi connectivity index (χ4v) is 4.33. The molecule has 0 amide bonds. The second-order valence-electron chi connectivity index (χ2n) is 8.78. The van der Waals surface area contributed by atoms with Gasteiger partial charge in [0.05, 0.1) is 25.8 Å². The van der Waals surface area contributed by atoms with Gasteiger partial charge in [-0.05, 0) is 72.1 Å². The van der Waals surface area contributed by atoms with Crippen LogP contribution in [0.2, 0.25) is 0 Å². The second kappa shape index (κ2) is 10.8. The van der Waals surface area contributed by atoms with Crippen LogP contribution in [0.15, 0.2) is 79.0 Å². The minimum absolute atomic E-state index is 0.165. The average molecular weight is 514 g/mol. The molecule has 192 valence electrons. The molecule has 3 aromatic carbocycles. The number of hydrogen-bond acceptors (Lipinski definition) is 5. The first-order valence-electron chi connectivity index (χ1n) is 12.1. The number of fused-ring (bicyclic) bond motifs is 1. The van der Waals surface area contributed by atoms with E-state index in [2.05, 4.69) is 4.98 Å². The molecule has 6 nitrogen and oxygen atoms in total. The number of nitrogens with zero attached hydrogens (tertiary/aromatic N) is 3. The highest BCUT2D eigenvalue weighted by atomic mass is 19.1. The van der Waals surface area contributed by atoms with Gasteiger partial charge in [0.2, 0.25) is 0 Å². The van der Waals surface area contributed by atoms with Crippen molar-refractivity contribution in [3.8, 4) is 17.0 Å². The Morgan fingerprint density at radius 2 is 1.79 bits per heavy atom. The molecule has 0 unspecified atom stereocenters. The van der Waals surface area contributed by atoms with Crippen LogP contribution in [-0.4, -0.2) is 34.5 Å². The van der Waals surface area contributed by atoms with Crippen molar-refractivity contribution in [2.45, 2.75) is 19.9 Å². The van der Waals surface area contributed by atoms with Gasteiger partial charge in [0.15, 0.2) is 5.65 Å². The van der Waals surface area contributed by atoms with Crippen molar-refractivity contribution < 1.29 is 23.0 Å². The first kappa shape index (κ1) is 25.1. The molecule has 0 aliphatic carbocycles. The third-order valence-corrected chi connectivity index (χ3v) is 6.18. The van der Waals surface area contributed by atoms with Gasteiger partial charge in [-0.15, -0.1) is 0 Å². The van der Waals surface area contributed by atoms with Gasteiger partial charge in [-0.1, -0.05) is 24.3 Å². The number of carbonyl (C=O) groups is 1. The van der Waals surface area contributed by atoms with Crippen LogP contribution in [0, 0.1) is 11.6 Å². The summed E-state index contributed by atoms with van der Waals surface area (Å²) >= 11 is 0. The van der Waals surface area contributed by atoms with Crippen LogP contribution in [0.25, 0.3) is 22.3 Å². The largest absolute Gasteiger partial charge is 0.497 e. The summed E-state index contributed by atoms with van der Waals surface area (Å²) in [5, 5.41) is 5.59. The van der Waals surface area contributed by atoms with Gasteiger partial charge in [-0.25, -0.2) is 23.2 Å². The predicted octanol–water partition coefficient (Wildman–Crippen LogP) is 6.20. The molecule has 38 heavy (non-hydrogen) atoms. The Labute approximate surface area is 218 Å². The van der Waals surface area contributed by atoms with Crippen molar-refractivity contribution >= 4 is 17.0 Å². The molecule has 5 rings (SSSR count). The molecule has 0 spiro atoms. The van der Waals surface area contributed by atoms with Gasteiger partial charge in [0.25, 0.3) is 0 Å². The number of hydrogen-bond donors (Lipinski definition) is 0. The van der Waals surface area contributed by atoms with E-state index < -0.39 is 17.6 Å². The number of benzene rings is 3. The Morgan fingerprint density at radius 3 is 2.55 bits per heavy atom. The second-order valence-corrected chi connectivity index (χ2v) is 8.78. The summed E-state index contributed by atoms with van der Waals surface area (Å²) in [7, 11) is 1.61. The van der Waals surface area contributed by atoms with Crippen LogP contribution >= 0.6 is 0 Å². The SMILES string of the molecule is CCOC(=O)c1cccc(-c2nn(Cc3ccc(OC)cc3)c3ncc(Cc4cc(F)ccc4F)cc23)c1. The van der Waals surface area contributed by atoms with Crippen molar-refractivity contribution in [3.05, 3.63) is 113 Å². The van der Waals surface area contributed by atoms with E-state index in [0.29, 0.717) is 34.6 Å². The van der Waals surface area contributed by atoms with Crippen LogP contribution in [0.4, 0.5) is 8.78 Å². The van der Waals surface area contributed by atoms with E-state index in [1.807, 2.05) is 36.4 Å². The number of carbonyl (C=O) groups excluding carboxylic acids is 1. The molecule has 2 heterocycles. The lowest BCUT2D eigenvalue weighted by Crippen LogP contribution is -2.04. The summed E-state index contributed by atoms with van der Waals surface area (Å²) < 4.78 is 40.3. The van der Waals surface area contributed by atoms with Crippen molar-refractivity contribution in [1.82, 2.24) is 14.8 Å². The maximum atomic E-state index is 14.3. The molecule has 0 saturated carbocycles. The molecule has 0 bridgehead atoms. The van der Waals surface area contributed by atoms with E-state index >= 15 is 0 Å². The van der Waals surface area contributed by atoms with Crippen molar-refractivity contribution in [1.29, 1.82) is 0 Å². The van der Waals surface area contributed by atoms with Crippen molar-refractivity contribution in [2.75, 3.05) is 13.7 Å². The summed E-state index contributed by atoms with van der Waals surface area (Å²) in [4.78, 5) is 17.0. The average Bonchev–Trinajstić information content (AvgIpc) is 3.29. The number of pyridine rings is 1. The summed E-state index contributed by atoms with van der Waals surface area (Å²) in [6.07, 6.45) is 1.82. The van der Waals surface area contributed by atoms with E-state index in [1.54, 1.807) is 43.1 Å². The van der Waals surface area contributed by atoms with E-state index in [4.69, 9.17) is 14.6 Å². The summed E-state index contributed by atoms with van der Waals surface area (Å²) in [6, 6.07) is 20.0. The topological polar surface area (TPSA) is 66.2 Å². The lowest BCUT2D eigenvalue weighted by atomic mass is 10.0. The lowest BCUT2D eigenvalue weighted by Gasteiger charge is -2.06. The molecule has 0 atom stereocenters. The van der Waals surface area contributed by atoms with Gasteiger partial charge in [0.1, 0.15) is 23.1 Å². The van der Waals surface area contributed by atoms with Crippen LogP contribution < -0.4 is 4.74 Å². The van der Waals surface area contributed by atoms with Gasteiger partial charge in [-0.3, -0.25) is 0 Å². The Morgan fingerprint density at radius 1 is 0.974 bits per heavy atom. The number of ether oxygens (including phenoxy) is 2. The zero-order valence-electron chi connectivity index (χ0n) is 20.9. The standard InChI is InChI=1S/C30H25F2N3O3/c1-3-38-30(36)22-6-4-5-21(15-22)28-26-14-20(13-23-16-24(31)9-12-27(23)32)17-33-29(26)35(34-28)18-19-7-10-25(37-2)11-8-19/h4-12,14-17H,3,13,18H2,1-2H3. The molecule has 0 N–H and O–H groups in total. The predicted molar refractivity (Wildman–Crippen MR) is 140 cm³/mol. The van der Waals surface area contributed by atoms with Gasteiger partial charge in [-0.2, -0.15) is 5.10 Å². The van der Waals surface area contributed by atoms with Gasteiger partial charge >= 0.3 is 5.97 Å². The Kier molecular flexibility index (Phi) is 7.13. The van der Waals surface area contributed by atoms with Gasteiger partial charge < -0.3 is 9.47 Å². The fourth-order valence-electron chi connectivity index (χ4n) is 4.33. The van der Waals surface area contributed by atoms with E-state index in [0.717, 1.165) is 28.8 Å². The fraction of sp³-hybridized carbons (Fsp3) is 0.167. The third-order valence-electron chi connectivity index (χ3n) is 6.18. The zero-order valence-corrected chi connectivity index (χ0v) is 20.9. The van der Waals surface area contributed by atoms with Gasteiger partial charge in [0, 0.05) is 23.6 Å². The highest BCUT2D eigenvalue weighted by Gasteiger charge is 2.17. The van der Waals surface area contributed by atoms with Crippen molar-refractivity contribution in [2.24, 2.45) is 0 Å². The number of halogens is 2. The number of esters is 1. The first-order valence-corrected chi connectivity index (χ1v) is 12.1. The lowest BCUT2D eigenvalue weighted by molar-refractivity contribution is 0.0526. The molecule has 8 heteroatoms. The molecule has 5 aromatic rings. The normalized spacial score (nSPS) is 11.1. The zero-order chi connectivity index (χ0) is 26.6. The summed E-state index contributed by atoms with van der Waals surface area (Å²) in [5.74, 6) is -0.650. The Bertz CT molecular complexity index is 1610. The molecule has 2 aromatic heterocycles. The van der Waals surface area contributed by atoms with Crippen molar-refractivity contribution in [3.63, 3.8) is 0 Å². The van der Waals surface area contributed by atoms with Crippen LogP contribution in [-0.2, 0) is 17.7 Å². The minimum atomic E-state index is -0.501. The quantitative estimate of drug-likeness (QED) is 0.231. The highest BCUT2D eigenvalue weighted by molar-refractivity contribution is 5.95. The van der Waals surface area contributed by atoms with E-state index in [-0.39, 0.29) is 18.6 Å². The smallest absolute Gasteiger partial charge is 0.338 e. The number of rotatable bonds is 8. The molecule has 0 aliphatic heterocycles. The first-order chi connectivity index (χ1) is 18.4. The third kappa shape index (κ3) is 5.25. The van der Waals surface area contributed by atoms with E-state index in [1.165, 1.54) is 6.07 Å².